The van der Waals surface area contributed by atoms with Crippen molar-refractivity contribution in [1.82, 2.24) is 14.8 Å². The van der Waals surface area contributed by atoms with Gasteiger partial charge in [0, 0.05) is 25.7 Å². The van der Waals surface area contributed by atoms with Crippen molar-refractivity contribution >= 4 is 24.0 Å². The molecule has 2 aromatic rings. The van der Waals surface area contributed by atoms with Crippen LogP contribution >= 0.6 is 12.4 Å². The Hall–Kier alpha value is -1.62. The lowest BCUT2D eigenvalue weighted by molar-refractivity contribution is 0.420. The molecule has 120 valence electrons. The second-order valence-corrected chi connectivity index (χ2v) is 5.79. The van der Waals surface area contributed by atoms with E-state index in [-0.39, 0.29) is 18.2 Å². The van der Waals surface area contributed by atoms with Crippen molar-refractivity contribution in [3.05, 3.63) is 35.9 Å². The third-order valence-corrected chi connectivity index (χ3v) is 4.37. The highest BCUT2D eigenvalue weighted by Gasteiger charge is 2.23. The zero-order chi connectivity index (χ0) is 14.8. The first kappa shape index (κ1) is 16.7. The van der Waals surface area contributed by atoms with E-state index in [1.165, 1.54) is 44.2 Å². The van der Waals surface area contributed by atoms with Gasteiger partial charge in [0.15, 0.2) is 0 Å². The molecule has 1 heterocycles. The zero-order valence-corrected chi connectivity index (χ0v) is 13.8. The van der Waals surface area contributed by atoms with Crippen molar-refractivity contribution in [2.45, 2.75) is 38.0 Å². The lowest BCUT2D eigenvalue weighted by atomic mass is 9.89. The second-order valence-electron chi connectivity index (χ2n) is 5.79. The van der Waals surface area contributed by atoms with Gasteiger partial charge in [-0.05, 0) is 37.1 Å². The molecule has 0 unspecified atom stereocenters. The maximum Gasteiger partial charge on any atom is 0.231 e. The Morgan fingerprint density at radius 1 is 1.09 bits per heavy atom. The summed E-state index contributed by atoms with van der Waals surface area (Å²) in [7, 11) is 3.95. The summed E-state index contributed by atoms with van der Waals surface area (Å²) >= 11 is 0. The minimum atomic E-state index is -0.229. The zero-order valence-electron chi connectivity index (χ0n) is 13.0. The highest BCUT2D eigenvalue weighted by atomic mass is 35.5. The van der Waals surface area contributed by atoms with Crippen LogP contribution in [-0.2, 0) is 7.05 Å². The first-order valence-corrected chi connectivity index (χ1v) is 7.55. The quantitative estimate of drug-likeness (QED) is 0.849. The van der Waals surface area contributed by atoms with Gasteiger partial charge in [0.25, 0.3) is 0 Å². The van der Waals surface area contributed by atoms with Gasteiger partial charge in [0.1, 0.15) is 11.6 Å². The highest BCUT2D eigenvalue weighted by Crippen LogP contribution is 2.33. The van der Waals surface area contributed by atoms with Crippen LogP contribution in [-0.4, -0.2) is 21.8 Å². The molecule has 6 heteroatoms. The van der Waals surface area contributed by atoms with Crippen molar-refractivity contribution in [2.75, 3.05) is 11.9 Å². The Bertz CT molecular complexity index is 605. The van der Waals surface area contributed by atoms with Crippen molar-refractivity contribution in [3.63, 3.8) is 0 Å². The first-order valence-electron chi connectivity index (χ1n) is 7.55. The number of aromatic nitrogens is 3. The number of nitrogens with zero attached hydrogens (tertiary/aromatic N) is 4. The molecule has 0 aliphatic heterocycles. The number of hydrogen-bond donors (Lipinski definition) is 0. The van der Waals surface area contributed by atoms with E-state index in [1.807, 2.05) is 19.0 Å². The van der Waals surface area contributed by atoms with Crippen molar-refractivity contribution in [2.24, 2.45) is 7.05 Å². The molecule has 0 bridgehead atoms. The molecule has 1 aliphatic carbocycles. The molecular formula is C16H22ClFN4. The van der Waals surface area contributed by atoms with Crippen LogP contribution in [0.5, 0.6) is 0 Å². The Kier molecular flexibility index (Phi) is 5.40. The van der Waals surface area contributed by atoms with Crippen LogP contribution in [0.15, 0.2) is 24.3 Å². The summed E-state index contributed by atoms with van der Waals surface area (Å²) in [5, 5.41) is 8.74. The third kappa shape index (κ3) is 3.24. The predicted octanol–water partition coefficient (Wildman–Crippen LogP) is 4.19. The van der Waals surface area contributed by atoms with Gasteiger partial charge in [-0.3, -0.25) is 4.57 Å². The molecule has 4 nitrogen and oxygen atoms in total. The molecule has 22 heavy (non-hydrogen) atoms. The van der Waals surface area contributed by atoms with Crippen LogP contribution in [0.2, 0.25) is 0 Å². The molecule has 0 atom stereocenters. The average molecular weight is 325 g/mol. The molecule has 1 aromatic heterocycles. The van der Waals surface area contributed by atoms with E-state index in [1.54, 1.807) is 12.1 Å². The Balaban J connectivity index is 0.00000176. The van der Waals surface area contributed by atoms with E-state index in [4.69, 9.17) is 0 Å². The number of hydrogen-bond acceptors (Lipinski definition) is 3. The van der Waals surface area contributed by atoms with Crippen molar-refractivity contribution < 1.29 is 4.39 Å². The smallest absolute Gasteiger partial charge is 0.231 e. The number of rotatable bonds is 3. The van der Waals surface area contributed by atoms with Crippen LogP contribution in [0.4, 0.5) is 16.0 Å². The lowest BCUT2D eigenvalue weighted by Gasteiger charge is -2.22. The summed E-state index contributed by atoms with van der Waals surface area (Å²) in [5.74, 6) is 2.15. The van der Waals surface area contributed by atoms with E-state index in [0.29, 0.717) is 5.92 Å². The molecular weight excluding hydrogens is 303 g/mol. The minimum Gasteiger partial charge on any atom is -0.314 e. The molecule has 0 amide bonds. The molecule has 3 rings (SSSR count). The Morgan fingerprint density at radius 3 is 2.36 bits per heavy atom. The summed E-state index contributed by atoms with van der Waals surface area (Å²) in [4.78, 5) is 1.94. The molecule has 0 radical (unpaired) electrons. The predicted molar refractivity (Wildman–Crippen MR) is 88.5 cm³/mol. The van der Waals surface area contributed by atoms with Crippen LogP contribution in [0, 0.1) is 5.82 Å². The second kappa shape index (κ2) is 7.09. The van der Waals surface area contributed by atoms with Gasteiger partial charge in [0.05, 0.1) is 0 Å². The number of anilines is 2. The highest BCUT2D eigenvalue weighted by molar-refractivity contribution is 5.85. The van der Waals surface area contributed by atoms with Gasteiger partial charge in [-0.1, -0.05) is 19.3 Å². The van der Waals surface area contributed by atoms with E-state index in [2.05, 4.69) is 14.8 Å². The first-order chi connectivity index (χ1) is 10.2. The Labute approximate surface area is 136 Å². The van der Waals surface area contributed by atoms with Crippen LogP contribution in [0.25, 0.3) is 0 Å². The summed E-state index contributed by atoms with van der Waals surface area (Å²) in [6.45, 7) is 0. The third-order valence-electron chi connectivity index (χ3n) is 4.37. The van der Waals surface area contributed by atoms with Gasteiger partial charge >= 0.3 is 0 Å². The Morgan fingerprint density at radius 2 is 1.73 bits per heavy atom. The standard InChI is InChI=1S/C16H21FN4.ClH/c1-20(14-10-8-13(17)9-11-14)16-19-18-15(21(16)2)12-6-4-3-5-7-12;/h8-12H,3-7H2,1-2H3;1H. The fourth-order valence-corrected chi connectivity index (χ4v) is 3.12. The molecule has 1 fully saturated rings. The van der Waals surface area contributed by atoms with Gasteiger partial charge in [-0.2, -0.15) is 0 Å². The fourth-order valence-electron chi connectivity index (χ4n) is 3.12. The molecule has 1 saturated carbocycles. The number of benzene rings is 1. The normalized spacial score (nSPS) is 15.4. The summed E-state index contributed by atoms with van der Waals surface area (Å²) < 4.78 is 15.1. The van der Waals surface area contributed by atoms with Crippen LogP contribution < -0.4 is 4.90 Å². The molecule has 0 N–H and O–H groups in total. The van der Waals surface area contributed by atoms with Crippen LogP contribution in [0.3, 0.4) is 0 Å². The number of halogens is 2. The molecule has 0 spiro atoms. The van der Waals surface area contributed by atoms with Gasteiger partial charge < -0.3 is 4.90 Å². The van der Waals surface area contributed by atoms with Gasteiger partial charge in [0.2, 0.25) is 5.95 Å². The minimum absolute atomic E-state index is 0. The summed E-state index contributed by atoms with van der Waals surface area (Å²) in [6, 6.07) is 6.43. The summed E-state index contributed by atoms with van der Waals surface area (Å²) in [5.41, 5.74) is 0.905. The monoisotopic (exact) mass is 324 g/mol. The van der Waals surface area contributed by atoms with Gasteiger partial charge in [-0.15, -0.1) is 22.6 Å². The molecule has 0 saturated heterocycles. The van der Waals surface area contributed by atoms with Gasteiger partial charge in [-0.25, -0.2) is 4.39 Å². The van der Waals surface area contributed by atoms with Crippen molar-refractivity contribution in [3.8, 4) is 0 Å². The topological polar surface area (TPSA) is 34.0 Å². The summed E-state index contributed by atoms with van der Waals surface area (Å²) in [6.07, 6.45) is 6.29. The SMILES string of the molecule is CN(c1ccc(F)cc1)c1nnc(C2CCCCC2)n1C.Cl. The van der Waals surface area contributed by atoms with Crippen molar-refractivity contribution in [1.29, 1.82) is 0 Å². The van der Waals surface area contributed by atoms with E-state index in [9.17, 15) is 4.39 Å². The van der Waals surface area contributed by atoms with E-state index >= 15 is 0 Å². The van der Waals surface area contributed by atoms with E-state index < -0.39 is 0 Å². The average Bonchev–Trinajstić information content (AvgIpc) is 2.90. The van der Waals surface area contributed by atoms with Crippen LogP contribution in [0.1, 0.15) is 43.8 Å². The molecule has 1 aliphatic rings. The largest absolute Gasteiger partial charge is 0.314 e. The maximum atomic E-state index is 13.0. The maximum absolute atomic E-state index is 13.0. The lowest BCUT2D eigenvalue weighted by Crippen LogP contribution is -2.16. The fraction of sp³-hybridized carbons (Fsp3) is 0.500. The molecule has 1 aromatic carbocycles. The van der Waals surface area contributed by atoms with E-state index in [0.717, 1.165) is 17.5 Å².